The van der Waals surface area contributed by atoms with Gasteiger partial charge >= 0.3 is 0 Å². The minimum absolute atomic E-state index is 0.0836. The Labute approximate surface area is 122 Å². The van der Waals surface area contributed by atoms with E-state index in [1.54, 1.807) is 10.6 Å². The van der Waals surface area contributed by atoms with E-state index in [1.807, 2.05) is 0 Å². The molecule has 1 aliphatic rings. The van der Waals surface area contributed by atoms with Crippen molar-refractivity contribution in [2.24, 2.45) is 0 Å². The molecule has 19 heavy (non-hydrogen) atoms. The summed E-state index contributed by atoms with van der Waals surface area (Å²) in [5.41, 5.74) is 2.71. The van der Waals surface area contributed by atoms with Crippen LogP contribution in [0.15, 0.2) is 24.3 Å². The number of benzene rings is 1. The topological polar surface area (TPSA) is 0 Å². The molecular formula is C17H28P2. The van der Waals surface area contributed by atoms with Gasteiger partial charge in [-0.3, -0.25) is 0 Å². The molecule has 0 aliphatic carbocycles. The van der Waals surface area contributed by atoms with Crippen molar-refractivity contribution in [3.8, 4) is 0 Å². The fourth-order valence-corrected chi connectivity index (χ4v) is 8.51. The maximum absolute atomic E-state index is 2.48. The zero-order valence-electron chi connectivity index (χ0n) is 12.8. The molecule has 0 radical (unpaired) electrons. The highest BCUT2D eigenvalue weighted by Crippen LogP contribution is 2.54. The molecule has 106 valence electrons. The Balaban J connectivity index is 2.20. The minimum Gasteiger partial charge on any atom is -0.0868 e. The van der Waals surface area contributed by atoms with E-state index in [1.165, 1.54) is 25.7 Å². The van der Waals surface area contributed by atoms with Crippen LogP contribution in [0.2, 0.25) is 0 Å². The van der Waals surface area contributed by atoms with E-state index in [2.05, 4.69) is 52.0 Å². The molecule has 1 heterocycles. The van der Waals surface area contributed by atoms with E-state index in [0.29, 0.717) is 0 Å². The van der Waals surface area contributed by atoms with Gasteiger partial charge in [0.2, 0.25) is 0 Å². The highest BCUT2D eigenvalue weighted by atomic mass is 31.1. The van der Waals surface area contributed by atoms with Gasteiger partial charge in [-0.25, -0.2) is 0 Å². The fraction of sp³-hybridized carbons (Fsp3) is 0.647. The quantitative estimate of drug-likeness (QED) is 0.681. The van der Waals surface area contributed by atoms with Crippen molar-refractivity contribution in [3.05, 3.63) is 24.3 Å². The average Bonchev–Trinajstić information content (AvgIpc) is 2.70. The van der Waals surface area contributed by atoms with Crippen molar-refractivity contribution in [2.45, 2.75) is 70.4 Å². The molecule has 0 spiro atoms. The molecule has 0 nitrogen and oxygen atoms in total. The first kappa shape index (κ1) is 15.5. The van der Waals surface area contributed by atoms with Crippen molar-refractivity contribution in [1.82, 2.24) is 0 Å². The Morgan fingerprint density at radius 1 is 1.21 bits per heavy atom. The molecule has 1 aliphatic heterocycles. The second kappa shape index (κ2) is 7.19. The van der Waals surface area contributed by atoms with Crippen LogP contribution in [0, 0.1) is 0 Å². The highest BCUT2D eigenvalue weighted by Gasteiger charge is 2.32. The Morgan fingerprint density at radius 3 is 2.47 bits per heavy atom. The third-order valence-corrected chi connectivity index (χ3v) is 9.36. The van der Waals surface area contributed by atoms with Gasteiger partial charge in [0.25, 0.3) is 0 Å². The Bertz CT molecular complexity index is 392. The normalized spacial score (nSPS) is 26.3. The van der Waals surface area contributed by atoms with Crippen molar-refractivity contribution in [3.63, 3.8) is 0 Å². The van der Waals surface area contributed by atoms with Gasteiger partial charge in [-0.1, -0.05) is 74.9 Å². The Morgan fingerprint density at radius 2 is 1.84 bits per heavy atom. The second-order valence-electron chi connectivity index (χ2n) is 6.03. The Hall–Kier alpha value is 0.0800. The van der Waals surface area contributed by atoms with Crippen LogP contribution < -0.4 is 10.6 Å². The van der Waals surface area contributed by atoms with E-state index in [-0.39, 0.29) is 7.92 Å². The molecule has 1 aromatic rings. The molecule has 2 rings (SSSR count). The molecule has 0 bridgehead atoms. The number of hydrogen-bond acceptors (Lipinski definition) is 0. The summed E-state index contributed by atoms with van der Waals surface area (Å²) in [6, 6.07) is 9.34. The van der Waals surface area contributed by atoms with Crippen molar-refractivity contribution in [2.75, 3.05) is 0 Å². The summed E-state index contributed by atoms with van der Waals surface area (Å²) in [6.45, 7) is 9.68. The fourth-order valence-electron chi connectivity index (χ4n) is 3.26. The molecule has 0 amide bonds. The molecule has 1 unspecified atom stereocenters. The van der Waals surface area contributed by atoms with Crippen LogP contribution in [0.1, 0.15) is 53.4 Å². The van der Waals surface area contributed by atoms with Crippen LogP contribution in [-0.2, 0) is 0 Å². The van der Waals surface area contributed by atoms with Gasteiger partial charge in [-0.2, -0.15) is 0 Å². The van der Waals surface area contributed by atoms with Gasteiger partial charge in [-0.05, 0) is 46.8 Å². The maximum atomic E-state index is 2.48. The third-order valence-electron chi connectivity index (χ3n) is 4.26. The molecule has 2 heteroatoms. The van der Waals surface area contributed by atoms with Crippen LogP contribution >= 0.6 is 16.5 Å². The van der Waals surface area contributed by atoms with Gasteiger partial charge < -0.3 is 0 Å². The van der Waals surface area contributed by atoms with Crippen LogP contribution in [0.25, 0.3) is 0 Å². The predicted molar refractivity (Wildman–Crippen MR) is 93.5 cm³/mol. The van der Waals surface area contributed by atoms with Crippen LogP contribution in [-0.4, -0.2) is 17.0 Å². The summed E-state index contributed by atoms with van der Waals surface area (Å²) in [5.74, 6) is 0. The van der Waals surface area contributed by atoms with E-state index in [9.17, 15) is 0 Å². The molecular weight excluding hydrogens is 266 g/mol. The van der Waals surface area contributed by atoms with Crippen molar-refractivity contribution >= 4 is 27.1 Å². The first-order valence-corrected chi connectivity index (χ1v) is 10.3. The van der Waals surface area contributed by atoms with Crippen LogP contribution in [0.5, 0.6) is 0 Å². The molecule has 0 aromatic heterocycles. The van der Waals surface area contributed by atoms with E-state index in [0.717, 1.165) is 25.6 Å². The summed E-state index contributed by atoms with van der Waals surface area (Å²) in [6.07, 6.45) is 5.57. The second-order valence-corrected chi connectivity index (χ2v) is 10.9. The molecule has 0 saturated carbocycles. The summed E-state index contributed by atoms with van der Waals surface area (Å²) in [4.78, 5) is 0. The van der Waals surface area contributed by atoms with E-state index >= 15 is 0 Å². The van der Waals surface area contributed by atoms with Gasteiger partial charge in [0, 0.05) is 0 Å². The first-order valence-electron chi connectivity index (χ1n) is 7.77. The zero-order chi connectivity index (χ0) is 13.8. The largest absolute Gasteiger partial charge is 0.0868 e. The molecule has 4 atom stereocenters. The smallest absolute Gasteiger partial charge is 0.0161 e. The highest BCUT2D eigenvalue weighted by molar-refractivity contribution is 7.69. The summed E-state index contributed by atoms with van der Waals surface area (Å²) >= 11 is 0. The molecule has 0 N–H and O–H groups in total. The Kier molecular flexibility index (Phi) is 5.86. The maximum Gasteiger partial charge on any atom is -0.0161 e. The average molecular weight is 294 g/mol. The van der Waals surface area contributed by atoms with E-state index in [4.69, 9.17) is 0 Å². The zero-order valence-corrected chi connectivity index (χ0v) is 14.7. The number of rotatable bonds is 5. The lowest BCUT2D eigenvalue weighted by Gasteiger charge is -2.25. The van der Waals surface area contributed by atoms with Gasteiger partial charge in [0.1, 0.15) is 0 Å². The summed E-state index contributed by atoms with van der Waals surface area (Å²) in [7, 11) is 1.09. The lowest BCUT2D eigenvalue weighted by Crippen LogP contribution is -2.24. The minimum atomic E-state index is 0.0836. The van der Waals surface area contributed by atoms with Crippen molar-refractivity contribution in [1.29, 1.82) is 0 Å². The van der Waals surface area contributed by atoms with Crippen LogP contribution in [0.3, 0.4) is 0 Å². The van der Waals surface area contributed by atoms with Gasteiger partial charge in [0.15, 0.2) is 0 Å². The lowest BCUT2D eigenvalue weighted by molar-refractivity contribution is 0.777. The van der Waals surface area contributed by atoms with Crippen molar-refractivity contribution < 1.29 is 0 Å². The monoisotopic (exact) mass is 294 g/mol. The number of hydrogen-bond donors (Lipinski definition) is 0. The van der Waals surface area contributed by atoms with Gasteiger partial charge in [0.05, 0.1) is 0 Å². The first-order chi connectivity index (χ1) is 9.13. The SMILES string of the molecule is CCC[C@@H](C)Pc1ccccc1P1[C@H](C)CC[C@H]1C. The predicted octanol–water partition coefficient (Wildman–Crippen LogP) is 4.86. The summed E-state index contributed by atoms with van der Waals surface area (Å²) in [5, 5.41) is 3.41. The summed E-state index contributed by atoms with van der Waals surface area (Å²) < 4.78 is 0. The standard InChI is InChI=1S/C17H28P2/c1-5-8-13(2)18-16-9-6-7-10-17(16)19-14(3)11-12-15(19)4/h6-7,9-10,13-15,18H,5,8,11-12H2,1-4H3/t13-,14-,15-/m1/s1. The molecule has 1 fully saturated rings. The molecule has 1 aromatic carbocycles. The molecule has 1 saturated heterocycles. The van der Waals surface area contributed by atoms with Gasteiger partial charge in [-0.15, -0.1) is 0 Å². The van der Waals surface area contributed by atoms with E-state index < -0.39 is 0 Å². The third kappa shape index (κ3) is 3.80. The van der Waals surface area contributed by atoms with Crippen LogP contribution in [0.4, 0.5) is 0 Å². The lowest BCUT2D eigenvalue weighted by atomic mass is 10.2.